The number of fused-ring (bicyclic) bond motifs is 1. The van der Waals surface area contributed by atoms with E-state index in [0.717, 1.165) is 66.7 Å². The van der Waals surface area contributed by atoms with Crippen LogP contribution in [-0.4, -0.2) is 26.9 Å². The second-order valence-corrected chi connectivity index (χ2v) is 11.0. The van der Waals surface area contributed by atoms with Gasteiger partial charge in [0, 0.05) is 30.5 Å². The molecule has 4 nitrogen and oxygen atoms in total. The van der Waals surface area contributed by atoms with Gasteiger partial charge in [0.2, 0.25) is 0 Å². The Morgan fingerprint density at radius 1 is 1.05 bits per heavy atom. The Kier molecular flexibility index (Phi) is 7.45. The number of carbonyl (C=O) groups is 1. The summed E-state index contributed by atoms with van der Waals surface area (Å²) in [6.45, 7) is 2.33. The van der Waals surface area contributed by atoms with Crippen LogP contribution in [0.5, 0.6) is 5.75 Å². The fraction of sp³-hybridized carbons (Fsp3) is 0.310. The van der Waals surface area contributed by atoms with E-state index in [1.165, 1.54) is 0 Å². The molecule has 0 atom stereocenters. The molecular formula is C29H27ClF2N2O2S. The summed E-state index contributed by atoms with van der Waals surface area (Å²) in [6, 6.07) is 11.1. The molecule has 2 heterocycles. The monoisotopic (exact) mass is 540 g/mol. The van der Waals surface area contributed by atoms with Gasteiger partial charge in [0.05, 0.1) is 15.1 Å². The lowest BCUT2D eigenvalue weighted by atomic mass is 9.83. The third-order valence-corrected chi connectivity index (χ3v) is 9.08. The van der Waals surface area contributed by atoms with Crippen LogP contribution in [0.2, 0.25) is 5.02 Å². The first kappa shape index (κ1) is 25.6. The molecule has 1 aliphatic carbocycles. The Labute approximate surface area is 223 Å². The molecule has 8 heteroatoms. The van der Waals surface area contributed by atoms with Crippen LogP contribution in [0.15, 0.2) is 54.9 Å². The van der Waals surface area contributed by atoms with Crippen molar-refractivity contribution in [2.24, 2.45) is 5.92 Å². The molecule has 2 aromatic heterocycles. The van der Waals surface area contributed by atoms with E-state index < -0.39 is 11.6 Å². The predicted molar refractivity (Wildman–Crippen MR) is 144 cm³/mol. The largest absolute Gasteiger partial charge is 0.508 e. The van der Waals surface area contributed by atoms with Crippen molar-refractivity contribution in [2.45, 2.75) is 51.6 Å². The average molecular weight is 541 g/mol. The van der Waals surface area contributed by atoms with Crippen molar-refractivity contribution in [3.05, 3.63) is 82.0 Å². The van der Waals surface area contributed by atoms with Gasteiger partial charge in [-0.15, -0.1) is 11.3 Å². The molecule has 0 aliphatic heterocycles. The lowest BCUT2D eigenvalue weighted by molar-refractivity contribution is 0.0591. The van der Waals surface area contributed by atoms with E-state index in [1.54, 1.807) is 23.4 Å². The Morgan fingerprint density at radius 3 is 2.43 bits per heavy atom. The molecule has 0 radical (unpaired) electrons. The average Bonchev–Trinajstić information content (AvgIpc) is 3.29. The number of phenols is 1. The molecule has 1 fully saturated rings. The number of rotatable bonds is 6. The van der Waals surface area contributed by atoms with Gasteiger partial charge < -0.3 is 10.0 Å². The molecule has 1 N–H and O–H groups in total. The predicted octanol–water partition coefficient (Wildman–Crippen LogP) is 8.21. The van der Waals surface area contributed by atoms with Crippen LogP contribution in [0, 0.1) is 17.6 Å². The highest BCUT2D eigenvalue weighted by atomic mass is 35.5. The minimum Gasteiger partial charge on any atom is -0.508 e. The molecule has 4 aromatic rings. The summed E-state index contributed by atoms with van der Waals surface area (Å²) >= 11 is 7.38. The zero-order valence-electron chi connectivity index (χ0n) is 20.4. The zero-order chi connectivity index (χ0) is 26.1. The first-order valence-electron chi connectivity index (χ1n) is 12.5. The summed E-state index contributed by atoms with van der Waals surface area (Å²) in [5, 5.41) is 10.6. The molecule has 0 unspecified atom stereocenters. The number of aromatic nitrogens is 1. The first-order valence-corrected chi connectivity index (χ1v) is 13.7. The summed E-state index contributed by atoms with van der Waals surface area (Å²) in [5.74, 6) is -0.946. The van der Waals surface area contributed by atoms with E-state index in [1.807, 2.05) is 24.3 Å². The number of halogens is 3. The van der Waals surface area contributed by atoms with Crippen molar-refractivity contribution in [3.8, 4) is 16.9 Å². The Hall–Kier alpha value is -3.03. The van der Waals surface area contributed by atoms with Crippen LogP contribution in [0.1, 0.15) is 54.3 Å². The van der Waals surface area contributed by atoms with Crippen LogP contribution < -0.4 is 0 Å². The molecular weight excluding hydrogens is 514 g/mol. The van der Waals surface area contributed by atoms with Crippen LogP contribution in [0.25, 0.3) is 21.2 Å². The lowest BCUT2D eigenvalue weighted by Crippen LogP contribution is -2.41. The van der Waals surface area contributed by atoms with Crippen LogP contribution in [0.4, 0.5) is 8.78 Å². The number of benzene rings is 2. The number of carbonyl (C=O) groups excluding carboxylic acids is 1. The number of nitrogens with zero attached hydrogens (tertiary/aromatic N) is 2. The highest BCUT2D eigenvalue weighted by Gasteiger charge is 2.33. The van der Waals surface area contributed by atoms with Gasteiger partial charge in [-0.3, -0.25) is 9.78 Å². The topological polar surface area (TPSA) is 53.4 Å². The highest BCUT2D eigenvalue weighted by Crippen LogP contribution is 2.41. The van der Waals surface area contributed by atoms with Crippen molar-refractivity contribution in [1.29, 1.82) is 0 Å². The third-order valence-electron chi connectivity index (χ3n) is 7.41. The number of hydrogen-bond acceptors (Lipinski definition) is 4. The SMILES string of the molecule is CC[C@H]1CC[C@H](N(Cc2cc(-c3ccncc3)ccc2O)C(=O)c2sc3c(F)ccc(F)c3c2Cl)CC1. The maximum atomic E-state index is 14.5. The third kappa shape index (κ3) is 5.07. The first-order chi connectivity index (χ1) is 17.9. The standard InChI is InChI=1S/C29H27ClF2N2O2S/c1-2-17-3-6-21(7-4-17)34(16-20-15-19(5-10-24(20)35)18-11-13-33-14-12-18)29(36)28-26(30)25-22(31)8-9-23(32)27(25)37-28/h5,8-15,17,21,35H,2-4,6-7,16H2,1H3/t17-,21-. The van der Waals surface area contributed by atoms with Gasteiger partial charge in [-0.2, -0.15) is 0 Å². The molecule has 1 aliphatic rings. The molecule has 192 valence electrons. The summed E-state index contributed by atoms with van der Waals surface area (Å²) in [5.41, 5.74) is 2.42. The van der Waals surface area contributed by atoms with E-state index in [2.05, 4.69) is 11.9 Å². The molecule has 0 spiro atoms. The Morgan fingerprint density at radius 2 is 1.76 bits per heavy atom. The smallest absolute Gasteiger partial charge is 0.266 e. The second-order valence-electron chi connectivity index (χ2n) is 9.57. The number of aromatic hydroxyl groups is 1. The van der Waals surface area contributed by atoms with Crippen LogP contribution in [0.3, 0.4) is 0 Å². The molecule has 37 heavy (non-hydrogen) atoms. The quantitative estimate of drug-likeness (QED) is 0.268. The minimum absolute atomic E-state index is 0.0329. The van der Waals surface area contributed by atoms with Gasteiger partial charge in [-0.05, 0) is 79.1 Å². The second kappa shape index (κ2) is 10.8. The van der Waals surface area contributed by atoms with E-state index in [4.69, 9.17) is 11.6 Å². The highest BCUT2D eigenvalue weighted by molar-refractivity contribution is 7.21. The molecule has 0 bridgehead atoms. The fourth-order valence-corrected chi connectivity index (χ4v) is 6.72. The van der Waals surface area contributed by atoms with Gasteiger partial charge in [-0.25, -0.2) is 8.78 Å². The fourth-order valence-electron chi connectivity index (χ4n) is 5.22. The van der Waals surface area contributed by atoms with Crippen molar-refractivity contribution in [1.82, 2.24) is 9.88 Å². The summed E-state index contributed by atoms with van der Waals surface area (Å²) in [7, 11) is 0. The molecule has 1 saturated carbocycles. The van der Waals surface area contributed by atoms with Crippen molar-refractivity contribution >= 4 is 38.9 Å². The van der Waals surface area contributed by atoms with E-state index >= 15 is 0 Å². The van der Waals surface area contributed by atoms with Crippen LogP contribution in [-0.2, 0) is 6.54 Å². The van der Waals surface area contributed by atoms with Gasteiger partial charge in [0.1, 0.15) is 22.3 Å². The van der Waals surface area contributed by atoms with Crippen LogP contribution >= 0.6 is 22.9 Å². The molecule has 2 aromatic carbocycles. The van der Waals surface area contributed by atoms with Gasteiger partial charge >= 0.3 is 0 Å². The van der Waals surface area contributed by atoms with E-state index in [9.17, 15) is 18.7 Å². The lowest BCUT2D eigenvalue weighted by Gasteiger charge is -2.37. The van der Waals surface area contributed by atoms with Crippen molar-refractivity contribution < 1.29 is 18.7 Å². The van der Waals surface area contributed by atoms with Crippen molar-refractivity contribution in [3.63, 3.8) is 0 Å². The summed E-state index contributed by atoms with van der Waals surface area (Å²) in [6.07, 6.45) is 8.13. The van der Waals surface area contributed by atoms with Gasteiger partial charge in [0.15, 0.2) is 0 Å². The molecule has 1 amide bonds. The molecule has 5 rings (SSSR count). The normalized spacial score (nSPS) is 17.7. The number of amides is 1. The summed E-state index contributed by atoms with van der Waals surface area (Å²) < 4.78 is 29.1. The summed E-state index contributed by atoms with van der Waals surface area (Å²) in [4.78, 5) is 19.9. The van der Waals surface area contributed by atoms with Gasteiger partial charge in [0.25, 0.3) is 5.91 Å². The van der Waals surface area contributed by atoms with Gasteiger partial charge in [-0.1, -0.05) is 31.0 Å². The number of phenolic OH excluding ortho intramolecular Hbond substituents is 1. The zero-order valence-corrected chi connectivity index (χ0v) is 22.0. The minimum atomic E-state index is -0.658. The van der Waals surface area contributed by atoms with E-state index in [-0.39, 0.29) is 44.2 Å². The van der Waals surface area contributed by atoms with E-state index in [0.29, 0.717) is 11.5 Å². The Balaban J connectivity index is 1.54. The van der Waals surface area contributed by atoms with Crippen molar-refractivity contribution in [2.75, 3.05) is 0 Å². The number of hydrogen-bond donors (Lipinski definition) is 1. The number of pyridine rings is 1. The maximum absolute atomic E-state index is 14.5. The number of thiophene rings is 1. The Bertz CT molecular complexity index is 1440. The molecule has 0 saturated heterocycles. The maximum Gasteiger partial charge on any atom is 0.266 e.